The zero-order valence-electron chi connectivity index (χ0n) is 11.8. The maximum atomic E-state index is 12.4. The second-order valence-corrected chi connectivity index (χ2v) is 5.16. The van der Waals surface area contributed by atoms with Crippen LogP contribution in [0, 0.1) is 13.8 Å². The number of hydrogen-bond donors (Lipinski definition) is 2. The number of benzene rings is 1. The number of ether oxygens (including phenoxy) is 1. The lowest BCUT2D eigenvalue weighted by Gasteiger charge is -2.42. The fraction of sp³-hybridized carbons (Fsp3) is 0.533. The normalized spacial score (nSPS) is 25.8. The molecule has 0 heterocycles. The van der Waals surface area contributed by atoms with E-state index in [-0.39, 0.29) is 24.1 Å². The van der Waals surface area contributed by atoms with E-state index in [1.807, 2.05) is 39.0 Å². The molecule has 2 rings (SSSR count). The molecule has 3 unspecified atom stereocenters. The van der Waals surface area contributed by atoms with Crippen LogP contribution in [0.4, 0.5) is 0 Å². The minimum absolute atomic E-state index is 0.00942. The van der Waals surface area contributed by atoms with Crippen molar-refractivity contribution >= 4 is 5.91 Å². The number of nitrogens with two attached hydrogens (primary N) is 1. The van der Waals surface area contributed by atoms with Crippen molar-refractivity contribution in [2.24, 2.45) is 5.73 Å². The standard InChI is InChI=1S/C15H22N2O2/c1-4-19-12-8-11(16)14(12)17-15(18)13-9(2)6-5-7-10(13)3/h5-7,11-12,14H,4,8,16H2,1-3H3,(H,17,18). The molecule has 3 atom stereocenters. The topological polar surface area (TPSA) is 64.3 Å². The predicted octanol–water partition coefficient (Wildman–Crippen LogP) is 1.54. The Morgan fingerprint density at radius 3 is 2.58 bits per heavy atom. The molecule has 1 aliphatic rings. The summed E-state index contributed by atoms with van der Waals surface area (Å²) < 4.78 is 5.56. The molecular formula is C15H22N2O2. The minimum atomic E-state index is -0.0774. The van der Waals surface area contributed by atoms with E-state index in [9.17, 15) is 4.79 Å². The molecule has 0 radical (unpaired) electrons. The summed E-state index contributed by atoms with van der Waals surface area (Å²) in [6.07, 6.45) is 0.860. The Bertz CT molecular complexity index is 451. The first-order valence-electron chi connectivity index (χ1n) is 6.78. The Morgan fingerprint density at radius 1 is 1.42 bits per heavy atom. The molecule has 0 bridgehead atoms. The molecular weight excluding hydrogens is 240 g/mol. The Balaban J connectivity index is 2.09. The number of carbonyl (C=O) groups excluding carboxylic acids is 1. The van der Waals surface area contributed by atoms with E-state index < -0.39 is 0 Å². The van der Waals surface area contributed by atoms with Gasteiger partial charge < -0.3 is 15.8 Å². The van der Waals surface area contributed by atoms with Crippen LogP contribution in [0.3, 0.4) is 0 Å². The Hall–Kier alpha value is -1.39. The predicted molar refractivity (Wildman–Crippen MR) is 75.2 cm³/mol. The van der Waals surface area contributed by atoms with Gasteiger partial charge in [-0.05, 0) is 38.3 Å². The number of amides is 1. The van der Waals surface area contributed by atoms with Gasteiger partial charge in [-0.1, -0.05) is 18.2 Å². The fourth-order valence-corrected chi connectivity index (χ4v) is 2.62. The lowest BCUT2D eigenvalue weighted by molar-refractivity contribution is -0.0300. The van der Waals surface area contributed by atoms with Crippen molar-refractivity contribution in [1.29, 1.82) is 0 Å². The molecule has 1 aliphatic carbocycles. The van der Waals surface area contributed by atoms with E-state index in [1.54, 1.807) is 0 Å². The van der Waals surface area contributed by atoms with Gasteiger partial charge in [0.1, 0.15) is 0 Å². The van der Waals surface area contributed by atoms with Crippen molar-refractivity contribution in [2.75, 3.05) is 6.61 Å². The maximum absolute atomic E-state index is 12.4. The van der Waals surface area contributed by atoms with Gasteiger partial charge in [0.25, 0.3) is 5.91 Å². The van der Waals surface area contributed by atoms with Crippen molar-refractivity contribution in [3.05, 3.63) is 34.9 Å². The molecule has 0 aromatic heterocycles. The fourth-order valence-electron chi connectivity index (χ4n) is 2.62. The van der Waals surface area contributed by atoms with Crippen molar-refractivity contribution in [3.8, 4) is 0 Å². The first-order chi connectivity index (χ1) is 9.04. The van der Waals surface area contributed by atoms with E-state index >= 15 is 0 Å². The van der Waals surface area contributed by atoms with E-state index in [4.69, 9.17) is 10.5 Å². The summed E-state index contributed by atoms with van der Waals surface area (Å²) in [6.45, 7) is 6.49. The molecule has 4 heteroatoms. The van der Waals surface area contributed by atoms with Gasteiger partial charge in [0, 0.05) is 18.2 Å². The Kier molecular flexibility index (Phi) is 4.22. The third-order valence-electron chi connectivity index (χ3n) is 3.75. The van der Waals surface area contributed by atoms with Crippen LogP contribution in [-0.4, -0.2) is 30.7 Å². The van der Waals surface area contributed by atoms with Gasteiger partial charge in [-0.15, -0.1) is 0 Å². The molecule has 1 amide bonds. The summed E-state index contributed by atoms with van der Waals surface area (Å²) in [6, 6.07) is 5.77. The van der Waals surface area contributed by atoms with Crippen molar-refractivity contribution in [2.45, 2.75) is 45.4 Å². The average molecular weight is 262 g/mol. The summed E-state index contributed by atoms with van der Waals surface area (Å²) in [5.41, 5.74) is 8.67. The zero-order chi connectivity index (χ0) is 14.0. The highest BCUT2D eigenvalue weighted by Gasteiger charge is 2.40. The number of carbonyl (C=O) groups is 1. The van der Waals surface area contributed by atoms with Crippen LogP contribution in [0.25, 0.3) is 0 Å². The minimum Gasteiger partial charge on any atom is -0.376 e. The first kappa shape index (κ1) is 14.0. The molecule has 0 aliphatic heterocycles. The highest BCUT2D eigenvalue weighted by atomic mass is 16.5. The second-order valence-electron chi connectivity index (χ2n) is 5.16. The van der Waals surface area contributed by atoms with Gasteiger partial charge >= 0.3 is 0 Å². The van der Waals surface area contributed by atoms with E-state index in [0.29, 0.717) is 6.61 Å². The zero-order valence-corrected chi connectivity index (χ0v) is 11.8. The average Bonchev–Trinajstić information content (AvgIpc) is 2.36. The van der Waals surface area contributed by atoms with E-state index in [0.717, 1.165) is 23.1 Å². The summed E-state index contributed by atoms with van der Waals surface area (Å²) in [4.78, 5) is 12.4. The summed E-state index contributed by atoms with van der Waals surface area (Å²) in [5, 5.41) is 3.01. The molecule has 3 N–H and O–H groups in total. The Labute approximate surface area is 114 Å². The Morgan fingerprint density at radius 2 is 2.05 bits per heavy atom. The monoisotopic (exact) mass is 262 g/mol. The van der Waals surface area contributed by atoms with Crippen LogP contribution in [-0.2, 0) is 4.74 Å². The van der Waals surface area contributed by atoms with Crippen LogP contribution in [0.5, 0.6) is 0 Å². The highest BCUT2D eigenvalue weighted by Crippen LogP contribution is 2.23. The number of hydrogen-bond acceptors (Lipinski definition) is 3. The van der Waals surface area contributed by atoms with Gasteiger partial charge in [-0.25, -0.2) is 0 Å². The van der Waals surface area contributed by atoms with Gasteiger partial charge in [0.2, 0.25) is 0 Å². The molecule has 104 valence electrons. The maximum Gasteiger partial charge on any atom is 0.252 e. The van der Waals surface area contributed by atoms with Crippen molar-refractivity contribution in [1.82, 2.24) is 5.32 Å². The highest BCUT2D eigenvalue weighted by molar-refractivity contribution is 5.97. The number of nitrogens with one attached hydrogen (secondary N) is 1. The SMILES string of the molecule is CCOC1CC(N)C1NC(=O)c1c(C)cccc1C. The first-order valence-corrected chi connectivity index (χ1v) is 6.78. The van der Waals surface area contributed by atoms with Crippen LogP contribution in [0.2, 0.25) is 0 Å². The number of rotatable bonds is 4. The third-order valence-corrected chi connectivity index (χ3v) is 3.75. The third kappa shape index (κ3) is 2.80. The molecule has 4 nitrogen and oxygen atoms in total. The lowest BCUT2D eigenvalue weighted by Crippen LogP contribution is -2.64. The van der Waals surface area contributed by atoms with Crippen LogP contribution in [0.1, 0.15) is 34.8 Å². The van der Waals surface area contributed by atoms with Gasteiger partial charge in [-0.3, -0.25) is 4.79 Å². The molecule has 19 heavy (non-hydrogen) atoms. The molecule has 1 aromatic carbocycles. The van der Waals surface area contributed by atoms with Gasteiger partial charge in [0.15, 0.2) is 0 Å². The molecule has 1 aromatic rings. The molecule has 0 saturated heterocycles. The van der Waals surface area contributed by atoms with Crippen molar-refractivity contribution < 1.29 is 9.53 Å². The van der Waals surface area contributed by atoms with Crippen LogP contribution < -0.4 is 11.1 Å². The van der Waals surface area contributed by atoms with Gasteiger partial charge in [-0.2, -0.15) is 0 Å². The number of aryl methyl sites for hydroxylation is 2. The van der Waals surface area contributed by atoms with Crippen molar-refractivity contribution in [3.63, 3.8) is 0 Å². The molecule has 1 fully saturated rings. The summed E-state index contributed by atoms with van der Waals surface area (Å²) in [5.74, 6) is -0.0551. The quantitative estimate of drug-likeness (QED) is 0.865. The second kappa shape index (κ2) is 5.72. The smallest absolute Gasteiger partial charge is 0.252 e. The van der Waals surface area contributed by atoms with E-state index in [2.05, 4.69) is 5.32 Å². The summed E-state index contributed by atoms with van der Waals surface area (Å²) >= 11 is 0. The summed E-state index contributed by atoms with van der Waals surface area (Å²) in [7, 11) is 0. The van der Waals surface area contributed by atoms with E-state index in [1.165, 1.54) is 0 Å². The molecule has 1 saturated carbocycles. The molecule has 0 spiro atoms. The largest absolute Gasteiger partial charge is 0.376 e. The van der Waals surface area contributed by atoms with Gasteiger partial charge in [0.05, 0.1) is 12.1 Å². The lowest BCUT2D eigenvalue weighted by atomic mass is 9.83. The van der Waals surface area contributed by atoms with Crippen LogP contribution in [0.15, 0.2) is 18.2 Å². The van der Waals surface area contributed by atoms with Crippen LogP contribution >= 0.6 is 0 Å².